The summed E-state index contributed by atoms with van der Waals surface area (Å²) in [7, 11) is 2.17. The minimum absolute atomic E-state index is 0.353. The average molecular weight is 451 g/mol. The maximum Gasteiger partial charge on any atom is 0.222 e. The summed E-state index contributed by atoms with van der Waals surface area (Å²) in [5.41, 5.74) is 3.56. The number of aromatic nitrogens is 2. The van der Waals surface area contributed by atoms with Crippen LogP contribution in [-0.2, 0) is 4.79 Å². The molecule has 0 spiro atoms. The molecule has 2 aliphatic rings. The van der Waals surface area contributed by atoms with Gasteiger partial charge < -0.3 is 14.4 Å². The molecule has 2 saturated heterocycles. The molecule has 0 unspecified atom stereocenters. The molecule has 0 bridgehead atoms. The van der Waals surface area contributed by atoms with Crippen molar-refractivity contribution >= 4 is 28.4 Å². The molecule has 2 aromatic heterocycles. The number of nitrogens with zero attached hydrogens (tertiary/aromatic N) is 4. The van der Waals surface area contributed by atoms with Crippen LogP contribution >= 0.6 is 11.6 Å². The van der Waals surface area contributed by atoms with Crippen LogP contribution in [0.5, 0.6) is 0 Å². The van der Waals surface area contributed by atoms with E-state index in [0.29, 0.717) is 17.7 Å². The first-order valence-electron chi connectivity index (χ1n) is 11.8. The number of hydrogen-bond acceptors (Lipinski definition) is 3. The van der Waals surface area contributed by atoms with E-state index in [0.717, 1.165) is 74.5 Å². The van der Waals surface area contributed by atoms with Crippen LogP contribution < -0.4 is 0 Å². The molecule has 0 aliphatic carbocycles. The Bertz CT molecular complexity index is 1080. The van der Waals surface area contributed by atoms with Crippen molar-refractivity contribution in [3.05, 3.63) is 59.5 Å². The molecule has 2 aliphatic heterocycles. The van der Waals surface area contributed by atoms with Gasteiger partial charge in [0.2, 0.25) is 5.91 Å². The fourth-order valence-electron chi connectivity index (χ4n) is 5.32. The molecular weight excluding hydrogens is 420 g/mol. The maximum atomic E-state index is 12.9. The van der Waals surface area contributed by atoms with Gasteiger partial charge in [0.25, 0.3) is 0 Å². The Morgan fingerprint density at radius 1 is 1.03 bits per heavy atom. The molecule has 0 saturated carbocycles. The van der Waals surface area contributed by atoms with Gasteiger partial charge in [-0.05, 0) is 93.6 Å². The SMILES string of the molecule is CN1CCC(CC(=O)N2CCC(c3cn(-c4ccc(Cl)cc4)c4cnccc34)CC2)CC1. The fraction of sp³-hybridized carbons (Fsp3) is 0.462. The Hall–Kier alpha value is -2.37. The van der Waals surface area contributed by atoms with Crippen molar-refractivity contribution in [1.82, 2.24) is 19.4 Å². The molecule has 0 radical (unpaired) electrons. The monoisotopic (exact) mass is 450 g/mol. The summed E-state index contributed by atoms with van der Waals surface area (Å²) in [6, 6.07) is 10.1. The van der Waals surface area contributed by atoms with Crippen LogP contribution in [0.3, 0.4) is 0 Å². The van der Waals surface area contributed by atoms with Gasteiger partial charge in [0, 0.05) is 48.0 Å². The zero-order valence-electron chi connectivity index (χ0n) is 18.7. The highest BCUT2D eigenvalue weighted by atomic mass is 35.5. The molecule has 3 aromatic rings. The summed E-state index contributed by atoms with van der Waals surface area (Å²) >= 11 is 6.10. The first-order chi connectivity index (χ1) is 15.6. The van der Waals surface area contributed by atoms with Crippen LogP contribution in [0, 0.1) is 5.92 Å². The van der Waals surface area contributed by atoms with Gasteiger partial charge in [-0.25, -0.2) is 0 Å². The normalized spacial score (nSPS) is 19.0. The molecule has 6 heteroatoms. The number of piperidine rings is 2. The predicted octanol–water partition coefficient (Wildman–Crippen LogP) is 5.12. The first-order valence-corrected chi connectivity index (χ1v) is 12.1. The number of benzene rings is 1. The summed E-state index contributed by atoms with van der Waals surface area (Å²) in [4.78, 5) is 21.7. The fourth-order valence-corrected chi connectivity index (χ4v) is 5.45. The van der Waals surface area contributed by atoms with Crippen molar-refractivity contribution in [2.75, 3.05) is 33.2 Å². The van der Waals surface area contributed by atoms with Gasteiger partial charge in [-0.1, -0.05) is 11.6 Å². The van der Waals surface area contributed by atoms with E-state index >= 15 is 0 Å². The second-order valence-corrected chi connectivity index (χ2v) is 9.87. The molecule has 32 heavy (non-hydrogen) atoms. The van der Waals surface area contributed by atoms with E-state index in [1.807, 2.05) is 36.7 Å². The predicted molar refractivity (Wildman–Crippen MR) is 129 cm³/mol. The van der Waals surface area contributed by atoms with Crippen LogP contribution in [0.1, 0.15) is 43.6 Å². The van der Waals surface area contributed by atoms with Crippen molar-refractivity contribution in [2.24, 2.45) is 5.92 Å². The number of carbonyl (C=O) groups excluding carboxylic acids is 1. The van der Waals surface area contributed by atoms with Crippen LogP contribution in [0.2, 0.25) is 5.02 Å². The summed E-state index contributed by atoms with van der Waals surface area (Å²) in [5.74, 6) is 1.37. The first kappa shape index (κ1) is 21.5. The molecule has 4 heterocycles. The minimum atomic E-state index is 0.353. The number of halogens is 1. The Kier molecular flexibility index (Phi) is 6.20. The smallest absolute Gasteiger partial charge is 0.222 e. The molecule has 0 N–H and O–H groups in total. The van der Waals surface area contributed by atoms with Crippen LogP contribution in [-0.4, -0.2) is 58.5 Å². The molecule has 1 amide bonds. The lowest BCUT2D eigenvalue weighted by Gasteiger charge is -2.34. The molecule has 2 fully saturated rings. The third-order valence-electron chi connectivity index (χ3n) is 7.33. The largest absolute Gasteiger partial charge is 0.343 e. The number of pyridine rings is 1. The van der Waals surface area contributed by atoms with Gasteiger partial charge in [0.15, 0.2) is 0 Å². The van der Waals surface area contributed by atoms with Crippen molar-refractivity contribution < 1.29 is 4.79 Å². The number of likely N-dealkylation sites (tertiary alicyclic amines) is 2. The van der Waals surface area contributed by atoms with E-state index < -0.39 is 0 Å². The van der Waals surface area contributed by atoms with Crippen LogP contribution in [0.15, 0.2) is 48.9 Å². The Balaban J connectivity index is 1.29. The second-order valence-electron chi connectivity index (χ2n) is 9.43. The number of amides is 1. The van der Waals surface area contributed by atoms with Crippen molar-refractivity contribution in [3.8, 4) is 5.69 Å². The summed E-state index contributed by atoms with van der Waals surface area (Å²) < 4.78 is 2.21. The van der Waals surface area contributed by atoms with Crippen molar-refractivity contribution in [1.29, 1.82) is 0 Å². The van der Waals surface area contributed by atoms with Crippen LogP contribution in [0.25, 0.3) is 16.6 Å². The number of carbonyl (C=O) groups is 1. The van der Waals surface area contributed by atoms with Crippen LogP contribution in [0.4, 0.5) is 0 Å². The molecule has 5 rings (SSSR count). The molecular formula is C26H31ClN4O. The maximum absolute atomic E-state index is 12.9. The van der Waals surface area contributed by atoms with Gasteiger partial charge in [-0.2, -0.15) is 0 Å². The summed E-state index contributed by atoms with van der Waals surface area (Å²) in [6.45, 7) is 3.95. The third-order valence-corrected chi connectivity index (χ3v) is 7.58. The van der Waals surface area contributed by atoms with E-state index in [2.05, 4.69) is 38.7 Å². The lowest BCUT2D eigenvalue weighted by atomic mass is 9.88. The van der Waals surface area contributed by atoms with Gasteiger partial charge in [-0.3, -0.25) is 9.78 Å². The summed E-state index contributed by atoms with van der Waals surface area (Å²) in [5, 5.41) is 1.99. The average Bonchev–Trinajstić information content (AvgIpc) is 3.21. The quantitative estimate of drug-likeness (QED) is 0.554. The van der Waals surface area contributed by atoms with Gasteiger partial charge in [0.05, 0.1) is 11.7 Å². The molecule has 5 nitrogen and oxygen atoms in total. The standard InChI is InChI=1S/C26H31ClN4O/c1-29-12-7-19(8-13-29)16-26(32)30-14-9-20(10-15-30)24-18-31(22-4-2-21(27)3-5-22)25-17-28-11-6-23(24)25/h2-6,11,17-20H,7-10,12-16H2,1H3. The Morgan fingerprint density at radius 3 is 2.47 bits per heavy atom. The zero-order valence-corrected chi connectivity index (χ0v) is 19.5. The molecule has 0 atom stereocenters. The molecule has 168 valence electrons. The van der Waals surface area contributed by atoms with Gasteiger partial charge in [-0.15, -0.1) is 0 Å². The number of hydrogen-bond donors (Lipinski definition) is 0. The summed E-state index contributed by atoms with van der Waals surface area (Å²) in [6.07, 6.45) is 11.1. The number of rotatable bonds is 4. The lowest BCUT2D eigenvalue weighted by molar-refractivity contribution is -0.133. The molecule has 1 aromatic carbocycles. The van der Waals surface area contributed by atoms with Crippen molar-refractivity contribution in [2.45, 2.75) is 38.0 Å². The van der Waals surface area contributed by atoms with E-state index in [1.165, 1.54) is 10.9 Å². The third kappa shape index (κ3) is 4.41. The van der Waals surface area contributed by atoms with Gasteiger partial charge in [0.1, 0.15) is 0 Å². The Morgan fingerprint density at radius 2 is 1.75 bits per heavy atom. The van der Waals surface area contributed by atoms with E-state index in [4.69, 9.17) is 11.6 Å². The number of fused-ring (bicyclic) bond motifs is 1. The second kappa shape index (κ2) is 9.24. The minimum Gasteiger partial charge on any atom is -0.343 e. The topological polar surface area (TPSA) is 41.4 Å². The van der Waals surface area contributed by atoms with Gasteiger partial charge >= 0.3 is 0 Å². The highest BCUT2D eigenvalue weighted by molar-refractivity contribution is 6.30. The highest BCUT2D eigenvalue weighted by Crippen LogP contribution is 2.36. The van der Waals surface area contributed by atoms with Crippen molar-refractivity contribution in [3.63, 3.8) is 0 Å². The van der Waals surface area contributed by atoms with E-state index in [1.54, 1.807) is 0 Å². The van der Waals surface area contributed by atoms with E-state index in [9.17, 15) is 4.79 Å². The lowest BCUT2D eigenvalue weighted by Crippen LogP contribution is -2.40. The highest BCUT2D eigenvalue weighted by Gasteiger charge is 2.28. The Labute approximate surface area is 195 Å². The van der Waals surface area contributed by atoms with E-state index in [-0.39, 0.29) is 0 Å². The zero-order chi connectivity index (χ0) is 22.1.